The lowest BCUT2D eigenvalue weighted by atomic mass is 10.1. The Morgan fingerprint density at radius 3 is 2.56 bits per heavy atom. The van der Waals surface area contributed by atoms with Crippen LogP contribution in [0.5, 0.6) is 11.5 Å². The second kappa shape index (κ2) is 4.72. The summed E-state index contributed by atoms with van der Waals surface area (Å²) in [5, 5.41) is 22.7. The highest BCUT2D eigenvalue weighted by atomic mass is 16.3. The number of aromatic hydroxyl groups is 2. The van der Waals surface area contributed by atoms with Crippen LogP contribution < -0.4 is 5.32 Å². The molecule has 0 bridgehead atoms. The predicted molar refractivity (Wildman–Crippen MR) is 62.7 cm³/mol. The van der Waals surface area contributed by atoms with E-state index in [1.807, 2.05) is 12.1 Å². The topological polar surface area (TPSA) is 55.7 Å². The first-order valence-electron chi connectivity index (χ1n) is 5.62. The van der Waals surface area contributed by atoms with Crippen LogP contribution in [-0.4, -0.2) is 41.3 Å². The van der Waals surface area contributed by atoms with Gasteiger partial charge in [-0.2, -0.15) is 0 Å². The molecule has 4 nitrogen and oxygen atoms in total. The summed E-state index contributed by atoms with van der Waals surface area (Å²) in [6, 6.07) is 3.72. The Bertz CT molecular complexity index is 374. The third-order valence-corrected chi connectivity index (χ3v) is 3.04. The molecule has 0 atom stereocenters. The zero-order valence-electron chi connectivity index (χ0n) is 9.53. The lowest BCUT2D eigenvalue weighted by Gasteiger charge is -2.27. The van der Waals surface area contributed by atoms with Gasteiger partial charge in [-0.15, -0.1) is 0 Å². The SMILES string of the molecule is Cc1ccc(CN2CCNCC2)c(O)c1O. The number of phenolic OH excluding ortho intramolecular Hbond substituents is 2. The van der Waals surface area contributed by atoms with E-state index in [-0.39, 0.29) is 11.5 Å². The van der Waals surface area contributed by atoms with Crippen molar-refractivity contribution in [1.82, 2.24) is 10.2 Å². The molecule has 0 saturated carbocycles. The maximum atomic E-state index is 9.82. The third-order valence-electron chi connectivity index (χ3n) is 3.04. The van der Waals surface area contributed by atoms with Crippen LogP contribution in [0, 0.1) is 6.92 Å². The number of phenols is 2. The number of nitrogens with one attached hydrogen (secondary N) is 1. The van der Waals surface area contributed by atoms with Gasteiger partial charge in [-0.25, -0.2) is 0 Å². The van der Waals surface area contributed by atoms with Gasteiger partial charge in [0.1, 0.15) is 0 Å². The fraction of sp³-hybridized carbons (Fsp3) is 0.500. The number of hydrogen-bond donors (Lipinski definition) is 3. The quantitative estimate of drug-likeness (QED) is 0.648. The van der Waals surface area contributed by atoms with Gasteiger partial charge in [0.25, 0.3) is 0 Å². The third kappa shape index (κ3) is 2.28. The second-order valence-electron chi connectivity index (χ2n) is 4.26. The molecule has 16 heavy (non-hydrogen) atoms. The predicted octanol–water partition coefficient (Wildman–Crippen LogP) is 0.811. The highest BCUT2D eigenvalue weighted by molar-refractivity contribution is 5.49. The molecule has 0 aliphatic carbocycles. The number of piperazine rings is 1. The molecule has 1 saturated heterocycles. The van der Waals surface area contributed by atoms with E-state index < -0.39 is 0 Å². The highest BCUT2D eigenvalue weighted by Crippen LogP contribution is 2.32. The smallest absolute Gasteiger partial charge is 0.162 e. The molecule has 88 valence electrons. The van der Waals surface area contributed by atoms with E-state index in [0.29, 0.717) is 12.1 Å². The molecule has 1 aromatic carbocycles. The van der Waals surface area contributed by atoms with Gasteiger partial charge in [0, 0.05) is 38.3 Å². The summed E-state index contributed by atoms with van der Waals surface area (Å²) >= 11 is 0. The number of nitrogens with zero attached hydrogens (tertiary/aromatic N) is 1. The molecule has 1 aliphatic rings. The van der Waals surface area contributed by atoms with Crippen molar-refractivity contribution < 1.29 is 10.2 Å². The number of rotatable bonds is 2. The van der Waals surface area contributed by atoms with E-state index >= 15 is 0 Å². The molecular weight excluding hydrogens is 204 g/mol. The largest absolute Gasteiger partial charge is 0.504 e. The Balaban J connectivity index is 2.11. The van der Waals surface area contributed by atoms with Crippen molar-refractivity contribution in [3.63, 3.8) is 0 Å². The average Bonchev–Trinajstić information content (AvgIpc) is 2.31. The second-order valence-corrected chi connectivity index (χ2v) is 4.26. The van der Waals surface area contributed by atoms with Crippen molar-refractivity contribution in [3.05, 3.63) is 23.3 Å². The first-order chi connectivity index (χ1) is 7.68. The molecule has 2 rings (SSSR count). The Morgan fingerprint density at radius 2 is 1.88 bits per heavy atom. The molecule has 1 heterocycles. The van der Waals surface area contributed by atoms with Crippen molar-refractivity contribution >= 4 is 0 Å². The van der Waals surface area contributed by atoms with Gasteiger partial charge in [0.15, 0.2) is 11.5 Å². The molecule has 0 aromatic heterocycles. The molecule has 0 spiro atoms. The maximum absolute atomic E-state index is 9.82. The number of hydrogen-bond acceptors (Lipinski definition) is 4. The fourth-order valence-electron chi connectivity index (χ4n) is 1.96. The van der Waals surface area contributed by atoms with Crippen LogP contribution in [0.1, 0.15) is 11.1 Å². The standard InChI is InChI=1S/C12H18N2O2/c1-9-2-3-10(12(16)11(9)15)8-14-6-4-13-5-7-14/h2-3,13,15-16H,4-8H2,1H3. The molecule has 1 aromatic rings. The minimum atomic E-state index is 0.00707. The monoisotopic (exact) mass is 222 g/mol. The van der Waals surface area contributed by atoms with E-state index in [2.05, 4.69) is 10.2 Å². The Kier molecular flexibility index (Phi) is 3.31. The van der Waals surface area contributed by atoms with Gasteiger partial charge in [-0.05, 0) is 12.5 Å². The molecule has 0 unspecified atom stereocenters. The van der Waals surface area contributed by atoms with E-state index in [1.54, 1.807) is 6.92 Å². The minimum Gasteiger partial charge on any atom is -0.504 e. The van der Waals surface area contributed by atoms with Gasteiger partial charge in [-0.1, -0.05) is 12.1 Å². The van der Waals surface area contributed by atoms with Crippen LogP contribution in [0.4, 0.5) is 0 Å². The summed E-state index contributed by atoms with van der Waals surface area (Å²) in [6.45, 7) is 6.41. The number of benzene rings is 1. The normalized spacial score (nSPS) is 17.6. The lowest BCUT2D eigenvalue weighted by molar-refractivity contribution is 0.230. The van der Waals surface area contributed by atoms with Gasteiger partial charge in [0.2, 0.25) is 0 Å². The number of aryl methyl sites for hydroxylation is 1. The van der Waals surface area contributed by atoms with Gasteiger partial charge >= 0.3 is 0 Å². The van der Waals surface area contributed by atoms with Crippen molar-refractivity contribution in [2.24, 2.45) is 0 Å². The summed E-state index contributed by atoms with van der Waals surface area (Å²) in [5.74, 6) is 0.0335. The van der Waals surface area contributed by atoms with Crippen LogP contribution in [0.2, 0.25) is 0 Å². The first kappa shape index (κ1) is 11.2. The highest BCUT2D eigenvalue weighted by Gasteiger charge is 2.14. The summed E-state index contributed by atoms with van der Waals surface area (Å²) in [4.78, 5) is 2.26. The lowest BCUT2D eigenvalue weighted by Crippen LogP contribution is -2.42. The van der Waals surface area contributed by atoms with Crippen LogP contribution in [-0.2, 0) is 6.54 Å². The fourth-order valence-corrected chi connectivity index (χ4v) is 1.96. The van der Waals surface area contributed by atoms with Crippen molar-refractivity contribution in [1.29, 1.82) is 0 Å². The molecule has 3 N–H and O–H groups in total. The van der Waals surface area contributed by atoms with Crippen LogP contribution >= 0.6 is 0 Å². The molecule has 1 aliphatic heterocycles. The maximum Gasteiger partial charge on any atom is 0.162 e. The van der Waals surface area contributed by atoms with Crippen molar-refractivity contribution in [2.75, 3.05) is 26.2 Å². The summed E-state index contributed by atoms with van der Waals surface area (Å²) < 4.78 is 0. The Hall–Kier alpha value is -1.26. The van der Waals surface area contributed by atoms with Crippen molar-refractivity contribution in [3.8, 4) is 11.5 Å². The van der Waals surface area contributed by atoms with E-state index in [1.165, 1.54) is 0 Å². The van der Waals surface area contributed by atoms with E-state index in [9.17, 15) is 10.2 Å². The molecule has 0 radical (unpaired) electrons. The Labute approximate surface area is 95.5 Å². The van der Waals surface area contributed by atoms with Crippen molar-refractivity contribution in [2.45, 2.75) is 13.5 Å². The first-order valence-corrected chi connectivity index (χ1v) is 5.62. The molecule has 4 heteroatoms. The molecule has 1 fully saturated rings. The van der Waals surface area contributed by atoms with Gasteiger partial charge in [-0.3, -0.25) is 4.90 Å². The summed E-state index contributed by atoms with van der Waals surface area (Å²) in [5.41, 5.74) is 1.51. The molecular formula is C12H18N2O2. The van der Waals surface area contributed by atoms with Gasteiger partial charge < -0.3 is 15.5 Å². The zero-order valence-corrected chi connectivity index (χ0v) is 9.53. The minimum absolute atomic E-state index is 0.00707. The molecule has 0 amide bonds. The Morgan fingerprint density at radius 1 is 1.19 bits per heavy atom. The van der Waals surface area contributed by atoms with E-state index in [4.69, 9.17) is 0 Å². The van der Waals surface area contributed by atoms with Crippen LogP contribution in [0.25, 0.3) is 0 Å². The average molecular weight is 222 g/mol. The zero-order chi connectivity index (χ0) is 11.5. The van der Waals surface area contributed by atoms with E-state index in [0.717, 1.165) is 31.7 Å². The van der Waals surface area contributed by atoms with Gasteiger partial charge in [0.05, 0.1) is 0 Å². The summed E-state index contributed by atoms with van der Waals surface area (Å²) in [6.07, 6.45) is 0. The van der Waals surface area contributed by atoms with Crippen LogP contribution in [0.15, 0.2) is 12.1 Å². The van der Waals surface area contributed by atoms with Crippen LogP contribution in [0.3, 0.4) is 0 Å². The summed E-state index contributed by atoms with van der Waals surface area (Å²) in [7, 11) is 0.